The van der Waals surface area contributed by atoms with Crippen LogP contribution >= 0.6 is 0 Å². The van der Waals surface area contributed by atoms with Gasteiger partial charge in [-0.05, 0) is 42.7 Å². The fraction of sp³-hybridized carbons (Fsp3) is 0.286. The number of fused-ring (bicyclic) bond motifs is 1. The van der Waals surface area contributed by atoms with Gasteiger partial charge in [-0.1, -0.05) is 12.1 Å². The van der Waals surface area contributed by atoms with Crippen LogP contribution in [0.5, 0.6) is 17.2 Å². The van der Waals surface area contributed by atoms with E-state index >= 15 is 0 Å². The standard InChI is InChI=1S/C21H22N2O4/c1-26-17-10-12(11-18(27-2)21(17)25)20-19-15(8-5-9-16(19)24)22-13-6-3-4-7-14(13)23-20/h3-4,6-7,10-11,20,22-23,25H,5,8-9H2,1-2H3/t20-/m0/s1. The molecule has 2 aromatic rings. The largest absolute Gasteiger partial charge is 0.502 e. The van der Waals surface area contributed by atoms with E-state index < -0.39 is 0 Å². The minimum absolute atomic E-state index is 0.0555. The molecule has 27 heavy (non-hydrogen) atoms. The van der Waals surface area contributed by atoms with Crippen LogP contribution in [-0.4, -0.2) is 25.1 Å². The Labute approximate surface area is 157 Å². The number of ketones is 1. The van der Waals surface area contributed by atoms with E-state index in [0.29, 0.717) is 17.9 Å². The average molecular weight is 366 g/mol. The quantitative estimate of drug-likeness (QED) is 0.762. The van der Waals surface area contributed by atoms with Crippen molar-refractivity contribution in [2.75, 3.05) is 24.9 Å². The number of benzene rings is 2. The summed E-state index contributed by atoms with van der Waals surface area (Å²) in [6.45, 7) is 0. The Kier molecular flexibility index (Phi) is 4.39. The highest BCUT2D eigenvalue weighted by molar-refractivity contribution is 6.00. The Morgan fingerprint density at radius 2 is 1.70 bits per heavy atom. The highest BCUT2D eigenvalue weighted by atomic mass is 16.5. The van der Waals surface area contributed by atoms with Gasteiger partial charge < -0.3 is 25.2 Å². The summed E-state index contributed by atoms with van der Waals surface area (Å²) in [5.41, 5.74) is 4.32. The van der Waals surface area contributed by atoms with Gasteiger partial charge in [-0.15, -0.1) is 0 Å². The van der Waals surface area contributed by atoms with Crippen LogP contribution in [0.4, 0.5) is 11.4 Å². The second-order valence-electron chi connectivity index (χ2n) is 6.69. The highest BCUT2D eigenvalue weighted by Gasteiger charge is 2.33. The first-order chi connectivity index (χ1) is 13.1. The number of carbonyl (C=O) groups is 1. The van der Waals surface area contributed by atoms with Crippen molar-refractivity contribution < 1.29 is 19.4 Å². The topological polar surface area (TPSA) is 79.8 Å². The van der Waals surface area contributed by atoms with E-state index in [9.17, 15) is 9.90 Å². The van der Waals surface area contributed by atoms with Crippen LogP contribution in [0.3, 0.4) is 0 Å². The number of methoxy groups -OCH3 is 2. The smallest absolute Gasteiger partial charge is 0.200 e. The number of para-hydroxylation sites is 2. The van der Waals surface area contributed by atoms with Crippen LogP contribution in [0.1, 0.15) is 30.9 Å². The van der Waals surface area contributed by atoms with E-state index in [1.807, 2.05) is 24.3 Å². The number of hydrogen-bond donors (Lipinski definition) is 3. The number of hydrogen-bond acceptors (Lipinski definition) is 6. The predicted molar refractivity (Wildman–Crippen MR) is 104 cm³/mol. The summed E-state index contributed by atoms with van der Waals surface area (Å²) in [6.07, 6.45) is 2.18. The Morgan fingerprint density at radius 3 is 2.37 bits per heavy atom. The van der Waals surface area contributed by atoms with Gasteiger partial charge in [0.1, 0.15) is 0 Å². The molecule has 4 rings (SSSR count). The van der Waals surface area contributed by atoms with Gasteiger partial charge in [0, 0.05) is 17.7 Å². The van der Waals surface area contributed by atoms with Crippen molar-refractivity contribution in [3.8, 4) is 17.2 Å². The van der Waals surface area contributed by atoms with Gasteiger partial charge in [0.25, 0.3) is 0 Å². The van der Waals surface area contributed by atoms with E-state index in [-0.39, 0.29) is 17.6 Å². The lowest BCUT2D eigenvalue weighted by Crippen LogP contribution is -2.23. The molecule has 0 fully saturated rings. The highest BCUT2D eigenvalue weighted by Crippen LogP contribution is 2.44. The lowest BCUT2D eigenvalue weighted by molar-refractivity contribution is -0.116. The molecule has 140 valence electrons. The van der Waals surface area contributed by atoms with Gasteiger partial charge >= 0.3 is 0 Å². The Bertz CT molecular complexity index is 911. The number of aromatic hydroxyl groups is 1. The summed E-state index contributed by atoms with van der Waals surface area (Å²) < 4.78 is 10.6. The summed E-state index contributed by atoms with van der Waals surface area (Å²) in [6, 6.07) is 11.0. The molecule has 0 radical (unpaired) electrons. The fourth-order valence-corrected chi connectivity index (χ4v) is 3.77. The number of phenols is 1. The third kappa shape index (κ3) is 2.97. The molecule has 0 amide bonds. The number of Topliss-reactive ketones (excluding diaryl/α,β-unsaturated/α-hetero) is 1. The Morgan fingerprint density at radius 1 is 1.04 bits per heavy atom. The summed E-state index contributed by atoms with van der Waals surface area (Å²) in [5, 5.41) is 17.2. The van der Waals surface area contributed by atoms with E-state index in [2.05, 4.69) is 10.6 Å². The number of nitrogens with one attached hydrogen (secondary N) is 2. The second kappa shape index (κ2) is 6.87. The number of rotatable bonds is 3. The minimum Gasteiger partial charge on any atom is -0.502 e. The maximum atomic E-state index is 12.8. The first-order valence-electron chi connectivity index (χ1n) is 8.96. The summed E-state index contributed by atoms with van der Waals surface area (Å²) >= 11 is 0. The molecule has 1 heterocycles. The molecule has 0 saturated carbocycles. The maximum Gasteiger partial charge on any atom is 0.200 e. The molecular weight excluding hydrogens is 344 g/mol. The van der Waals surface area contributed by atoms with Crippen molar-refractivity contribution in [2.45, 2.75) is 25.3 Å². The van der Waals surface area contributed by atoms with E-state index in [4.69, 9.17) is 9.47 Å². The average Bonchev–Trinajstić information content (AvgIpc) is 2.85. The molecule has 6 nitrogen and oxygen atoms in total. The zero-order valence-corrected chi connectivity index (χ0v) is 15.3. The van der Waals surface area contributed by atoms with E-state index in [0.717, 1.165) is 41.1 Å². The molecule has 0 bridgehead atoms. The molecule has 0 aromatic heterocycles. The minimum atomic E-state index is -0.368. The van der Waals surface area contributed by atoms with Gasteiger partial charge in [-0.3, -0.25) is 4.79 Å². The summed E-state index contributed by atoms with van der Waals surface area (Å²) in [7, 11) is 2.98. The molecule has 0 spiro atoms. The van der Waals surface area contributed by atoms with Crippen molar-refractivity contribution in [3.63, 3.8) is 0 Å². The Balaban J connectivity index is 1.90. The molecule has 0 saturated heterocycles. The zero-order chi connectivity index (χ0) is 19.0. The summed E-state index contributed by atoms with van der Waals surface area (Å²) in [4.78, 5) is 12.8. The van der Waals surface area contributed by atoms with Crippen LogP contribution < -0.4 is 20.1 Å². The monoisotopic (exact) mass is 366 g/mol. The number of ether oxygens (including phenoxy) is 2. The van der Waals surface area contributed by atoms with Crippen LogP contribution in [0.25, 0.3) is 0 Å². The van der Waals surface area contributed by atoms with Crippen molar-refractivity contribution in [1.29, 1.82) is 0 Å². The maximum absolute atomic E-state index is 12.8. The molecule has 2 aromatic carbocycles. The van der Waals surface area contributed by atoms with Gasteiger partial charge in [-0.25, -0.2) is 0 Å². The van der Waals surface area contributed by atoms with Gasteiger partial charge in [0.2, 0.25) is 5.75 Å². The lowest BCUT2D eigenvalue weighted by Gasteiger charge is -2.26. The van der Waals surface area contributed by atoms with Crippen molar-refractivity contribution in [1.82, 2.24) is 0 Å². The molecule has 1 aliphatic carbocycles. The van der Waals surface area contributed by atoms with Crippen molar-refractivity contribution in [3.05, 3.63) is 53.2 Å². The third-order valence-corrected chi connectivity index (χ3v) is 5.09. The van der Waals surface area contributed by atoms with Gasteiger partial charge in [0.05, 0.1) is 31.6 Å². The van der Waals surface area contributed by atoms with Crippen LogP contribution in [0.15, 0.2) is 47.7 Å². The lowest BCUT2D eigenvalue weighted by atomic mass is 9.86. The molecule has 0 unspecified atom stereocenters. The third-order valence-electron chi connectivity index (χ3n) is 5.09. The molecule has 3 N–H and O–H groups in total. The van der Waals surface area contributed by atoms with Gasteiger partial charge in [0.15, 0.2) is 17.3 Å². The van der Waals surface area contributed by atoms with Crippen LogP contribution in [0, 0.1) is 0 Å². The molecule has 1 atom stereocenters. The van der Waals surface area contributed by atoms with Crippen LogP contribution in [0.2, 0.25) is 0 Å². The molecule has 6 heteroatoms. The molecule has 2 aliphatic rings. The number of allylic oxidation sites excluding steroid dienone is 1. The molecular formula is C21H22N2O4. The van der Waals surface area contributed by atoms with Crippen molar-refractivity contribution >= 4 is 17.2 Å². The van der Waals surface area contributed by atoms with E-state index in [1.54, 1.807) is 12.1 Å². The number of carbonyl (C=O) groups excluding carboxylic acids is 1. The first kappa shape index (κ1) is 17.3. The Hall–Kier alpha value is -3.15. The SMILES string of the molecule is COc1cc([C@@H]2Nc3ccccc3NC3=C2C(=O)CCC3)cc(OC)c1O. The van der Waals surface area contributed by atoms with Crippen molar-refractivity contribution in [2.24, 2.45) is 0 Å². The summed E-state index contributed by atoms with van der Waals surface area (Å²) in [5.74, 6) is 0.684. The van der Waals surface area contributed by atoms with E-state index in [1.165, 1.54) is 14.2 Å². The van der Waals surface area contributed by atoms with Gasteiger partial charge in [-0.2, -0.15) is 0 Å². The predicted octanol–water partition coefficient (Wildman–Crippen LogP) is 4.00. The normalized spacial score (nSPS) is 18.6. The zero-order valence-electron chi connectivity index (χ0n) is 15.3. The first-order valence-corrected chi connectivity index (χ1v) is 8.96. The fourth-order valence-electron chi connectivity index (χ4n) is 3.77. The molecule has 1 aliphatic heterocycles. The number of phenolic OH excluding ortho intramolecular Hbond substituents is 1. The number of anilines is 2. The van der Waals surface area contributed by atoms with Crippen LogP contribution in [-0.2, 0) is 4.79 Å². The second-order valence-corrected chi connectivity index (χ2v) is 6.69.